The first-order valence-corrected chi connectivity index (χ1v) is 8.68. The van der Waals surface area contributed by atoms with Crippen LogP contribution < -0.4 is 10.2 Å². The van der Waals surface area contributed by atoms with Crippen LogP contribution in [-0.2, 0) is 4.79 Å². The van der Waals surface area contributed by atoms with Gasteiger partial charge in [-0.15, -0.1) is 0 Å². The van der Waals surface area contributed by atoms with Gasteiger partial charge in [0.05, 0.1) is 6.61 Å². The summed E-state index contributed by atoms with van der Waals surface area (Å²) in [6.45, 7) is 4.63. The van der Waals surface area contributed by atoms with Gasteiger partial charge >= 0.3 is 0 Å². The monoisotopic (exact) mass is 336 g/mol. The SMILES string of the molecule is Cc1cc(Cl)ccc1OCCCC(=O)N/N=C1\CCCCC1C. The smallest absolute Gasteiger partial charge is 0.240 e. The lowest BCUT2D eigenvalue weighted by Crippen LogP contribution is -2.24. The van der Waals surface area contributed by atoms with Crippen LogP contribution in [0.1, 0.15) is 51.0 Å². The third kappa shape index (κ3) is 5.87. The van der Waals surface area contributed by atoms with Gasteiger partial charge in [-0.25, -0.2) is 5.43 Å². The number of nitrogens with zero attached hydrogens (tertiary/aromatic N) is 1. The minimum absolute atomic E-state index is 0.0494. The number of halogens is 1. The molecule has 1 aromatic rings. The highest BCUT2D eigenvalue weighted by atomic mass is 35.5. The van der Waals surface area contributed by atoms with E-state index in [1.807, 2.05) is 19.1 Å². The van der Waals surface area contributed by atoms with Crippen molar-refractivity contribution in [1.29, 1.82) is 0 Å². The van der Waals surface area contributed by atoms with Crippen molar-refractivity contribution in [2.75, 3.05) is 6.61 Å². The summed E-state index contributed by atoms with van der Waals surface area (Å²) in [7, 11) is 0. The van der Waals surface area contributed by atoms with Gasteiger partial charge in [0.25, 0.3) is 0 Å². The van der Waals surface area contributed by atoms with Crippen molar-refractivity contribution in [3.05, 3.63) is 28.8 Å². The minimum atomic E-state index is -0.0494. The molecule has 1 unspecified atom stereocenters. The fourth-order valence-electron chi connectivity index (χ4n) is 2.72. The highest BCUT2D eigenvalue weighted by Crippen LogP contribution is 2.22. The number of benzene rings is 1. The first-order chi connectivity index (χ1) is 11.1. The normalized spacial score (nSPS) is 19.6. The van der Waals surface area contributed by atoms with E-state index >= 15 is 0 Å². The van der Waals surface area contributed by atoms with Gasteiger partial charge in [-0.05, 0) is 62.3 Å². The van der Waals surface area contributed by atoms with Gasteiger partial charge in [-0.1, -0.05) is 24.9 Å². The van der Waals surface area contributed by atoms with Gasteiger partial charge in [-0.2, -0.15) is 5.10 Å². The number of amides is 1. The molecule has 1 amide bonds. The van der Waals surface area contributed by atoms with E-state index in [2.05, 4.69) is 17.5 Å². The summed E-state index contributed by atoms with van der Waals surface area (Å²) in [6, 6.07) is 5.53. The summed E-state index contributed by atoms with van der Waals surface area (Å²) in [5.74, 6) is 1.25. The number of rotatable bonds is 6. The molecule has 1 aromatic carbocycles. The number of nitrogens with one attached hydrogen (secondary N) is 1. The molecular weight excluding hydrogens is 312 g/mol. The molecule has 0 spiro atoms. The Morgan fingerprint density at radius 2 is 2.26 bits per heavy atom. The Balaban J connectivity index is 1.67. The summed E-state index contributed by atoms with van der Waals surface area (Å²) < 4.78 is 5.68. The number of carbonyl (C=O) groups is 1. The maximum absolute atomic E-state index is 11.8. The van der Waals surface area contributed by atoms with E-state index < -0.39 is 0 Å². The summed E-state index contributed by atoms with van der Waals surface area (Å²) in [5.41, 5.74) is 4.80. The molecule has 126 valence electrons. The van der Waals surface area contributed by atoms with Crippen LogP contribution in [0.15, 0.2) is 23.3 Å². The number of hydrazone groups is 1. The maximum Gasteiger partial charge on any atom is 0.240 e. The quantitative estimate of drug-likeness (QED) is 0.614. The summed E-state index contributed by atoms with van der Waals surface area (Å²) in [5, 5.41) is 4.99. The van der Waals surface area contributed by atoms with Crippen LogP contribution in [0.25, 0.3) is 0 Å². The van der Waals surface area contributed by atoms with E-state index in [0.717, 1.165) is 23.4 Å². The largest absolute Gasteiger partial charge is 0.493 e. The third-order valence-electron chi connectivity index (χ3n) is 4.16. The van der Waals surface area contributed by atoms with Crippen molar-refractivity contribution in [2.45, 2.75) is 52.4 Å². The molecule has 1 atom stereocenters. The molecule has 23 heavy (non-hydrogen) atoms. The molecule has 0 bridgehead atoms. The molecule has 1 saturated carbocycles. The Kier molecular flexibility index (Phi) is 6.90. The lowest BCUT2D eigenvalue weighted by Gasteiger charge is -2.19. The van der Waals surface area contributed by atoms with Crippen LogP contribution >= 0.6 is 11.6 Å². The molecule has 0 heterocycles. The molecule has 0 aromatic heterocycles. The lowest BCUT2D eigenvalue weighted by atomic mass is 9.89. The van der Waals surface area contributed by atoms with Gasteiger partial charge in [0.1, 0.15) is 5.75 Å². The lowest BCUT2D eigenvalue weighted by molar-refractivity contribution is -0.121. The van der Waals surface area contributed by atoms with Gasteiger partial charge in [0.15, 0.2) is 0 Å². The standard InChI is InChI=1S/C18H25ClN2O2/c1-13-6-3-4-7-16(13)20-21-18(22)8-5-11-23-17-10-9-15(19)12-14(17)2/h9-10,12-13H,3-8,11H2,1-2H3,(H,21,22)/b20-16+. The third-order valence-corrected chi connectivity index (χ3v) is 4.39. The van der Waals surface area contributed by atoms with E-state index in [1.165, 1.54) is 19.3 Å². The Morgan fingerprint density at radius 1 is 1.43 bits per heavy atom. The van der Waals surface area contributed by atoms with Crippen LogP contribution in [0, 0.1) is 12.8 Å². The first kappa shape index (κ1) is 17.8. The topological polar surface area (TPSA) is 50.7 Å². The second-order valence-electron chi connectivity index (χ2n) is 6.15. The van der Waals surface area contributed by atoms with Crippen molar-refractivity contribution in [3.63, 3.8) is 0 Å². The Bertz CT molecular complexity index is 572. The zero-order valence-electron chi connectivity index (χ0n) is 13.9. The van der Waals surface area contributed by atoms with Crippen molar-refractivity contribution in [2.24, 2.45) is 11.0 Å². The number of ether oxygens (including phenoxy) is 1. The van der Waals surface area contributed by atoms with Crippen molar-refractivity contribution in [1.82, 2.24) is 5.43 Å². The number of carbonyl (C=O) groups excluding carboxylic acids is 1. The van der Waals surface area contributed by atoms with Crippen LogP contribution in [-0.4, -0.2) is 18.2 Å². The molecule has 0 aliphatic heterocycles. The van der Waals surface area contributed by atoms with Gasteiger partial charge in [0.2, 0.25) is 5.91 Å². The Labute approximate surface area is 143 Å². The molecule has 4 nitrogen and oxygen atoms in total. The van der Waals surface area contributed by atoms with E-state index in [0.29, 0.717) is 30.4 Å². The zero-order valence-corrected chi connectivity index (χ0v) is 14.7. The number of aryl methyl sites for hydroxylation is 1. The molecule has 2 rings (SSSR count). The second kappa shape index (κ2) is 8.92. The van der Waals surface area contributed by atoms with Crippen LogP contribution in [0.3, 0.4) is 0 Å². The average molecular weight is 337 g/mol. The van der Waals surface area contributed by atoms with Crippen LogP contribution in [0.4, 0.5) is 0 Å². The van der Waals surface area contributed by atoms with E-state index in [4.69, 9.17) is 16.3 Å². The Morgan fingerprint density at radius 3 is 3.00 bits per heavy atom. The van der Waals surface area contributed by atoms with E-state index in [9.17, 15) is 4.79 Å². The summed E-state index contributed by atoms with van der Waals surface area (Å²) in [6.07, 6.45) is 5.68. The molecule has 5 heteroatoms. The number of hydrogen-bond acceptors (Lipinski definition) is 3. The summed E-state index contributed by atoms with van der Waals surface area (Å²) >= 11 is 5.91. The minimum Gasteiger partial charge on any atom is -0.493 e. The molecular formula is C18H25ClN2O2. The summed E-state index contributed by atoms with van der Waals surface area (Å²) in [4.78, 5) is 11.8. The second-order valence-corrected chi connectivity index (χ2v) is 6.58. The fourth-order valence-corrected chi connectivity index (χ4v) is 2.94. The van der Waals surface area contributed by atoms with Crippen molar-refractivity contribution < 1.29 is 9.53 Å². The molecule has 0 saturated heterocycles. The van der Waals surface area contributed by atoms with E-state index in [-0.39, 0.29) is 5.91 Å². The highest BCUT2D eigenvalue weighted by Gasteiger charge is 2.16. The maximum atomic E-state index is 11.8. The number of hydrogen-bond donors (Lipinski definition) is 1. The van der Waals surface area contributed by atoms with Gasteiger partial charge in [-0.3, -0.25) is 4.79 Å². The van der Waals surface area contributed by atoms with Crippen molar-refractivity contribution >= 4 is 23.2 Å². The Hall–Kier alpha value is -1.55. The van der Waals surface area contributed by atoms with Crippen molar-refractivity contribution in [3.8, 4) is 5.75 Å². The molecule has 1 N–H and O–H groups in total. The van der Waals surface area contributed by atoms with Gasteiger partial charge < -0.3 is 4.74 Å². The van der Waals surface area contributed by atoms with E-state index in [1.54, 1.807) is 6.07 Å². The predicted octanol–water partition coefficient (Wildman–Crippen LogP) is 4.49. The molecule has 1 aliphatic carbocycles. The highest BCUT2D eigenvalue weighted by molar-refractivity contribution is 6.30. The zero-order chi connectivity index (χ0) is 16.7. The predicted molar refractivity (Wildman–Crippen MR) is 94.1 cm³/mol. The molecule has 0 radical (unpaired) electrons. The van der Waals surface area contributed by atoms with Crippen LogP contribution in [0.2, 0.25) is 5.02 Å². The molecule has 1 aliphatic rings. The van der Waals surface area contributed by atoms with Gasteiger partial charge in [0, 0.05) is 17.2 Å². The average Bonchev–Trinajstić information content (AvgIpc) is 2.52. The van der Waals surface area contributed by atoms with Crippen LogP contribution in [0.5, 0.6) is 5.75 Å². The fraction of sp³-hybridized carbons (Fsp3) is 0.556. The molecule has 1 fully saturated rings. The first-order valence-electron chi connectivity index (χ1n) is 8.30.